The molecule has 0 aromatic carbocycles. The maximum Gasteiger partial charge on any atom is 0.341 e. The molecule has 0 radical (unpaired) electrons. The molecule has 2 heterocycles. The highest BCUT2D eigenvalue weighted by molar-refractivity contribution is 5.97. The average molecular weight is 205 g/mol. The van der Waals surface area contributed by atoms with Gasteiger partial charge in [-0.1, -0.05) is 0 Å². The van der Waals surface area contributed by atoms with Crippen molar-refractivity contribution in [2.75, 3.05) is 7.11 Å². The lowest BCUT2D eigenvalue weighted by Crippen LogP contribution is -2.09. The van der Waals surface area contributed by atoms with Gasteiger partial charge in [-0.25, -0.2) is 14.3 Å². The number of esters is 1. The van der Waals surface area contributed by atoms with Gasteiger partial charge in [0.1, 0.15) is 11.9 Å². The predicted molar refractivity (Wildman–Crippen MR) is 53.8 cm³/mol. The normalized spacial score (nSPS) is 10.6. The fourth-order valence-electron chi connectivity index (χ4n) is 1.65. The Morgan fingerprint density at radius 3 is 2.87 bits per heavy atom. The number of ether oxygens (including phenoxy) is 1. The topological polar surface area (TPSA) is 56.5 Å². The molecule has 0 fully saturated rings. The molecule has 2 aromatic rings. The zero-order chi connectivity index (χ0) is 11.0. The molecule has 0 N–H and O–H groups in total. The van der Waals surface area contributed by atoms with Crippen LogP contribution in [0.15, 0.2) is 12.4 Å². The minimum absolute atomic E-state index is 0.384. The first-order chi connectivity index (χ1) is 7.15. The standard InChI is InChI=1S/C10H11N3O2/c1-6-4-7(2)13-9(11-5-12-13)8(6)10(14)15-3/h4-5H,1-3H3. The van der Waals surface area contributed by atoms with E-state index in [9.17, 15) is 4.79 Å². The summed E-state index contributed by atoms with van der Waals surface area (Å²) < 4.78 is 6.34. The van der Waals surface area contributed by atoms with Crippen molar-refractivity contribution in [3.05, 3.63) is 29.2 Å². The van der Waals surface area contributed by atoms with Crippen molar-refractivity contribution >= 4 is 11.6 Å². The number of nitrogens with zero attached hydrogens (tertiary/aromatic N) is 3. The van der Waals surface area contributed by atoms with Crippen molar-refractivity contribution in [3.63, 3.8) is 0 Å². The third-order valence-corrected chi connectivity index (χ3v) is 2.31. The molecule has 0 spiro atoms. The summed E-state index contributed by atoms with van der Waals surface area (Å²) in [6.07, 6.45) is 1.42. The van der Waals surface area contributed by atoms with Gasteiger partial charge >= 0.3 is 5.97 Å². The van der Waals surface area contributed by atoms with Gasteiger partial charge < -0.3 is 4.74 Å². The second kappa shape index (κ2) is 3.34. The maximum absolute atomic E-state index is 11.6. The van der Waals surface area contributed by atoms with E-state index in [1.165, 1.54) is 13.4 Å². The Hall–Kier alpha value is -1.91. The minimum atomic E-state index is -0.384. The first kappa shape index (κ1) is 9.64. The van der Waals surface area contributed by atoms with Gasteiger partial charge in [-0.3, -0.25) is 0 Å². The molecule has 0 saturated heterocycles. The van der Waals surface area contributed by atoms with E-state index in [0.29, 0.717) is 11.2 Å². The molecule has 0 atom stereocenters. The second-order valence-electron chi connectivity index (χ2n) is 3.33. The molecule has 5 heteroatoms. The van der Waals surface area contributed by atoms with Crippen LogP contribution in [0.1, 0.15) is 21.6 Å². The van der Waals surface area contributed by atoms with Crippen LogP contribution in [-0.2, 0) is 4.74 Å². The number of carbonyl (C=O) groups excluding carboxylic acids is 1. The SMILES string of the molecule is COC(=O)c1c(C)cc(C)n2ncnc12. The zero-order valence-electron chi connectivity index (χ0n) is 8.81. The van der Waals surface area contributed by atoms with Gasteiger partial charge in [-0.05, 0) is 25.5 Å². The van der Waals surface area contributed by atoms with E-state index in [4.69, 9.17) is 4.74 Å². The number of pyridine rings is 1. The Bertz CT molecular complexity index is 531. The smallest absolute Gasteiger partial charge is 0.341 e. The number of fused-ring (bicyclic) bond motifs is 1. The monoisotopic (exact) mass is 205 g/mol. The van der Waals surface area contributed by atoms with Gasteiger partial charge in [0.05, 0.1) is 7.11 Å². The van der Waals surface area contributed by atoms with Crippen LogP contribution in [0, 0.1) is 13.8 Å². The molecule has 2 aromatic heterocycles. The molecule has 0 unspecified atom stereocenters. The van der Waals surface area contributed by atoms with E-state index in [1.54, 1.807) is 4.52 Å². The Morgan fingerprint density at radius 2 is 2.20 bits per heavy atom. The molecule has 0 amide bonds. The van der Waals surface area contributed by atoms with Crippen LogP contribution in [0.2, 0.25) is 0 Å². The largest absolute Gasteiger partial charge is 0.465 e. The summed E-state index contributed by atoms with van der Waals surface area (Å²) in [5.41, 5.74) is 2.80. The molecule has 0 bridgehead atoms. The molecule has 2 rings (SSSR count). The highest BCUT2D eigenvalue weighted by Gasteiger charge is 2.17. The van der Waals surface area contributed by atoms with Crippen molar-refractivity contribution in [3.8, 4) is 0 Å². The lowest BCUT2D eigenvalue weighted by Gasteiger charge is -2.07. The van der Waals surface area contributed by atoms with Gasteiger partial charge in [-0.2, -0.15) is 5.10 Å². The Morgan fingerprint density at radius 1 is 1.47 bits per heavy atom. The first-order valence-corrected chi connectivity index (χ1v) is 4.53. The summed E-state index contributed by atoms with van der Waals surface area (Å²) in [6.45, 7) is 3.77. The van der Waals surface area contributed by atoms with E-state index in [-0.39, 0.29) is 5.97 Å². The fraction of sp³-hybridized carbons (Fsp3) is 0.300. The van der Waals surface area contributed by atoms with Gasteiger partial charge in [0.25, 0.3) is 0 Å². The molecule has 15 heavy (non-hydrogen) atoms. The second-order valence-corrected chi connectivity index (χ2v) is 3.33. The average Bonchev–Trinajstić information content (AvgIpc) is 2.66. The molecule has 5 nitrogen and oxygen atoms in total. The Kier molecular flexibility index (Phi) is 2.15. The number of carbonyl (C=O) groups is 1. The summed E-state index contributed by atoms with van der Waals surface area (Å²) in [6, 6.07) is 1.88. The van der Waals surface area contributed by atoms with Gasteiger partial charge in [-0.15, -0.1) is 0 Å². The van der Waals surface area contributed by atoms with E-state index < -0.39 is 0 Å². The molecular weight excluding hydrogens is 194 g/mol. The number of aromatic nitrogens is 3. The van der Waals surface area contributed by atoms with Crippen molar-refractivity contribution < 1.29 is 9.53 Å². The summed E-state index contributed by atoms with van der Waals surface area (Å²) >= 11 is 0. The van der Waals surface area contributed by atoms with Crippen molar-refractivity contribution in [2.45, 2.75) is 13.8 Å². The third kappa shape index (κ3) is 1.36. The first-order valence-electron chi connectivity index (χ1n) is 4.53. The summed E-state index contributed by atoms with van der Waals surface area (Å²) in [4.78, 5) is 15.6. The van der Waals surface area contributed by atoms with E-state index >= 15 is 0 Å². The number of hydrogen-bond donors (Lipinski definition) is 0. The van der Waals surface area contributed by atoms with E-state index in [1.807, 2.05) is 19.9 Å². The molecule has 78 valence electrons. The molecule has 0 aliphatic carbocycles. The fourth-order valence-corrected chi connectivity index (χ4v) is 1.65. The number of aryl methyl sites for hydroxylation is 2. The highest BCUT2D eigenvalue weighted by Crippen LogP contribution is 2.16. The van der Waals surface area contributed by atoms with Crippen molar-refractivity contribution in [1.82, 2.24) is 14.6 Å². The molecule has 0 saturated carbocycles. The molecule has 0 aliphatic heterocycles. The van der Waals surface area contributed by atoms with Crippen LogP contribution >= 0.6 is 0 Å². The van der Waals surface area contributed by atoms with Crippen LogP contribution in [0.5, 0.6) is 0 Å². The van der Waals surface area contributed by atoms with E-state index in [0.717, 1.165) is 11.3 Å². The quantitative estimate of drug-likeness (QED) is 0.655. The Labute approximate surface area is 86.7 Å². The van der Waals surface area contributed by atoms with Crippen LogP contribution < -0.4 is 0 Å². The van der Waals surface area contributed by atoms with Crippen molar-refractivity contribution in [2.24, 2.45) is 0 Å². The molecule has 0 aliphatic rings. The maximum atomic E-state index is 11.6. The molecular formula is C10H11N3O2. The lowest BCUT2D eigenvalue weighted by molar-refractivity contribution is 0.0601. The van der Waals surface area contributed by atoms with Crippen LogP contribution in [0.25, 0.3) is 5.65 Å². The van der Waals surface area contributed by atoms with Crippen LogP contribution in [0.3, 0.4) is 0 Å². The van der Waals surface area contributed by atoms with Gasteiger partial charge in [0.2, 0.25) is 0 Å². The zero-order valence-corrected chi connectivity index (χ0v) is 8.81. The van der Waals surface area contributed by atoms with Crippen LogP contribution in [0.4, 0.5) is 0 Å². The summed E-state index contributed by atoms with van der Waals surface area (Å²) in [5, 5.41) is 4.03. The number of hydrogen-bond acceptors (Lipinski definition) is 4. The predicted octanol–water partition coefficient (Wildman–Crippen LogP) is 1.13. The summed E-state index contributed by atoms with van der Waals surface area (Å²) in [5.74, 6) is -0.384. The lowest BCUT2D eigenvalue weighted by atomic mass is 10.1. The van der Waals surface area contributed by atoms with Gasteiger partial charge in [0, 0.05) is 5.69 Å². The third-order valence-electron chi connectivity index (χ3n) is 2.31. The van der Waals surface area contributed by atoms with E-state index in [2.05, 4.69) is 10.1 Å². The Balaban J connectivity index is 2.82. The number of methoxy groups -OCH3 is 1. The summed E-state index contributed by atoms with van der Waals surface area (Å²) in [7, 11) is 1.36. The van der Waals surface area contributed by atoms with Gasteiger partial charge in [0.15, 0.2) is 5.65 Å². The number of rotatable bonds is 1. The minimum Gasteiger partial charge on any atom is -0.465 e. The highest BCUT2D eigenvalue weighted by atomic mass is 16.5. The van der Waals surface area contributed by atoms with Crippen molar-refractivity contribution in [1.29, 1.82) is 0 Å². The van der Waals surface area contributed by atoms with Crippen LogP contribution in [-0.4, -0.2) is 27.7 Å².